The van der Waals surface area contributed by atoms with Crippen LogP contribution in [0.4, 0.5) is 0 Å². The number of methoxy groups -OCH3 is 1. The topological polar surface area (TPSA) is 72.9 Å². The van der Waals surface area contributed by atoms with Gasteiger partial charge < -0.3 is 14.5 Å². The van der Waals surface area contributed by atoms with Crippen LogP contribution < -0.4 is 10.7 Å². The minimum atomic E-state index is -0.671. The van der Waals surface area contributed by atoms with E-state index in [0.717, 1.165) is 0 Å². The normalized spacial score (nSPS) is 17.1. The summed E-state index contributed by atoms with van der Waals surface area (Å²) in [5.74, 6) is -0.732. The minimum absolute atomic E-state index is 0.162. The van der Waals surface area contributed by atoms with Crippen molar-refractivity contribution in [3.63, 3.8) is 0 Å². The Bertz CT molecular complexity index is 1080. The van der Waals surface area contributed by atoms with E-state index in [1.807, 2.05) is 0 Å². The van der Waals surface area contributed by atoms with Crippen molar-refractivity contribution in [1.82, 2.24) is 5.32 Å². The van der Waals surface area contributed by atoms with Crippen LogP contribution in [0, 0.1) is 13.5 Å². The van der Waals surface area contributed by atoms with E-state index in [1.165, 1.54) is 13.2 Å². The Hall–Kier alpha value is -3.33. The third kappa shape index (κ3) is 2.68. The average Bonchev–Trinajstić information content (AvgIpc) is 2.60. The molecule has 1 aromatic heterocycles. The van der Waals surface area contributed by atoms with E-state index in [0.29, 0.717) is 45.0 Å². The fourth-order valence-electron chi connectivity index (χ4n) is 3.36. The van der Waals surface area contributed by atoms with Crippen molar-refractivity contribution < 1.29 is 13.9 Å². The van der Waals surface area contributed by atoms with Gasteiger partial charge >= 0.3 is 5.97 Å². The summed E-state index contributed by atoms with van der Waals surface area (Å²) in [5, 5.41) is 3.48. The monoisotopic (exact) mass is 350 g/mol. The van der Waals surface area contributed by atoms with Crippen molar-refractivity contribution in [2.24, 2.45) is 0 Å². The minimum Gasteiger partial charge on any atom is -0.466 e. The molecular weight excluding hydrogens is 332 g/mol. The number of nitrogens with one attached hydrogen (secondary N) is 1. The highest BCUT2D eigenvalue weighted by Crippen LogP contribution is 2.41. The predicted molar refractivity (Wildman–Crippen MR) is 97.1 cm³/mol. The van der Waals surface area contributed by atoms with Crippen LogP contribution in [0.3, 0.4) is 0 Å². The molecule has 2 heterocycles. The quantitative estimate of drug-likeness (QED) is 0.664. The highest BCUT2D eigenvalue weighted by atomic mass is 16.5. The third-order valence-corrected chi connectivity index (χ3v) is 4.47. The van der Waals surface area contributed by atoms with Crippen LogP contribution in [0.1, 0.15) is 31.1 Å². The molecule has 1 atom stereocenters. The fourth-order valence-corrected chi connectivity index (χ4v) is 3.36. The Labute approximate surface area is 150 Å². The molecule has 0 saturated heterocycles. The van der Waals surface area contributed by atoms with Gasteiger partial charge in [-0.05, 0) is 32.4 Å². The van der Waals surface area contributed by atoms with Gasteiger partial charge in [0.05, 0.1) is 30.6 Å². The number of para-hydroxylation sites is 1. The van der Waals surface area contributed by atoms with Crippen LogP contribution in [0.15, 0.2) is 56.1 Å². The maximum atomic E-state index is 12.5. The molecular formula is C20H18N2O4. The van der Waals surface area contributed by atoms with Crippen molar-refractivity contribution in [3.8, 4) is 0 Å². The van der Waals surface area contributed by atoms with Gasteiger partial charge in [-0.3, -0.25) is 4.79 Å². The molecule has 1 unspecified atom stereocenters. The second-order valence-corrected chi connectivity index (χ2v) is 6.16. The van der Waals surface area contributed by atoms with Gasteiger partial charge in [-0.2, -0.15) is 0 Å². The average molecular weight is 350 g/mol. The fraction of sp³-hybridized carbons (Fsp3) is 0.250. The first-order valence-corrected chi connectivity index (χ1v) is 8.06. The van der Waals surface area contributed by atoms with E-state index in [2.05, 4.69) is 10.2 Å². The van der Waals surface area contributed by atoms with Crippen LogP contribution in [0.2, 0.25) is 0 Å². The lowest BCUT2D eigenvalue weighted by Gasteiger charge is -2.28. The molecule has 0 amide bonds. The number of nitrogens with zero attached hydrogens (tertiary/aromatic N) is 1. The van der Waals surface area contributed by atoms with Gasteiger partial charge in [-0.15, -0.1) is 0 Å². The lowest BCUT2D eigenvalue weighted by molar-refractivity contribution is -0.136. The zero-order valence-electron chi connectivity index (χ0n) is 15.0. The van der Waals surface area contributed by atoms with E-state index >= 15 is 0 Å². The van der Waals surface area contributed by atoms with Crippen molar-refractivity contribution in [2.45, 2.75) is 26.7 Å². The maximum Gasteiger partial charge on any atom is 0.335 e. The molecule has 0 aliphatic carbocycles. The number of carbonyl (C=O) groups is 1. The van der Waals surface area contributed by atoms with Crippen molar-refractivity contribution in [1.29, 1.82) is 0 Å². The molecule has 0 saturated carbocycles. The first-order chi connectivity index (χ1) is 12.4. The first-order valence-electron chi connectivity index (χ1n) is 8.06. The van der Waals surface area contributed by atoms with Gasteiger partial charge in [-0.1, -0.05) is 12.1 Å². The van der Waals surface area contributed by atoms with Crippen molar-refractivity contribution in [3.05, 3.63) is 79.9 Å². The predicted octanol–water partition coefficient (Wildman–Crippen LogP) is 3.39. The van der Waals surface area contributed by atoms with Crippen LogP contribution in [0.5, 0.6) is 0 Å². The Kier molecular flexibility index (Phi) is 4.39. The molecule has 0 fully saturated rings. The van der Waals surface area contributed by atoms with Gasteiger partial charge in [-0.25, -0.2) is 9.64 Å². The summed E-state index contributed by atoms with van der Waals surface area (Å²) in [6.07, 6.45) is 0. The van der Waals surface area contributed by atoms with E-state index in [4.69, 9.17) is 15.7 Å². The molecule has 0 radical (unpaired) electrons. The molecule has 6 heteroatoms. The number of hydrogen-bond donors (Lipinski definition) is 1. The molecule has 132 valence electrons. The van der Waals surface area contributed by atoms with E-state index < -0.39 is 11.9 Å². The van der Waals surface area contributed by atoms with Crippen molar-refractivity contribution in [2.75, 3.05) is 7.11 Å². The highest BCUT2D eigenvalue weighted by molar-refractivity contribution is 5.94. The Morgan fingerprint density at radius 2 is 2.00 bits per heavy atom. The summed E-state index contributed by atoms with van der Waals surface area (Å²) in [5.41, 5.74) is 2.78. The molecule has 1 aromatic carbocycles. The number of allylic oxidation sites excluding steroid dienone is 3. The number of aryl methyl sites for hydroxylation is 1. The van der Waals surface area contributed by atoms with Gasteiger partial charge in [0.15, 0.2) is 11.1 Å². The van der Waals surface area contributed by atoms with E-state index in [9.17, 15) is 9.59 Å². The second kappa shape index (κ2) is 6.52. The van der Waals surface area contributed by atoms with Crippen LogP contribution in [-0.2, 0) is 9.53 Å². The zero-order chi connectivity index (χ0) is 19.0. The van der Waals surface area contributed by atoms with Gasteiger partial charge in [0.1, 0.15) is 11.3 Å². The highest BCUT2D eigenvalue weighted by Gasteiger charge is 2.36. The molecule has 3 rings (SSSR count). The Morgan fingerprint density at radius 3 is 2.65 bits per heavy atom. The summed E-state index contributed by atoms with van der Waals surface area (Å²) < 4.78 is 10.8. The standard InChI is InChI=1S/C20H18N2O4/c1-10-9-15(23)13-7-6-8-14(19(13)26-10)17-16(20(24)25-5)11(2)22-12(3)18(17)21-4/h6-9,17,22H,1-3,5H3. The molecule has 26 heavy (non-hydrogen) atoms. The molecule has 1 N–H and O–H groups in total. The summed E-state index contributed by atoms with van der Waals surface area (Å²) in [7, 11) is 1.30. The molecule has 0 bridgehead atoms. The largest absolute Gasteiger partial charge is 0.466 e. The van der Waals surface area contributed by atoms with Crippen LogP contribution in [0.25, 0.3) is 15.8 Å². The second-order valence-electron chi connectivity index (χ2n) is 6.16. The number of ether oxygens (including phenoxy) is 1. The van der Waals surface area contributed by atoms with Gasteiger partial charge in [0.25, 0.3) is 0 Å². The smallest absolute Gasteiger partial charge is 0.335 e. The number of carbonyl (C=O) groups excluding carboxylic acids is 1. The molecule has 0 spiro atoms. The Balaban J connectivity index is 2.40. The van der Waals surface area contributed by atoms with Gasteiger partial charge in [0, 0.05) is 17.5 Å². The number of benzene rings is 1. The molecule has 1 aliphatic rings. The molecule has 6 nitrogen and oxygen atoms in total. The number of esters is 1. The number of dihydropyridines is 1. The third-order valence-electron chi connectivity index (χ3n) is 4.47. The summed E-state index contributed by atoms with van der Waals surface area (Å²) in [6.45, 7) is 12.8. The summed E-state index contributed by atoms with van der Waals surface area (Å²) >= 11 is 0. The summed E-state index contributed by atoms with van der Waals surface area (Å²) in [6, 6.07) is 6.60. The van der Waals surface area contributed by atoms with Gasteiger partial charge in [0.2, 0.25) is 0 Å². The summed E-state index contributed by atoms with van der Waals surface area (Å²) in [4.78, 5) is 28.4. The zero-order valence-corrected chi connectivity index (χ0v) is 15.0. The SMILES string of the molecule is [C-]#[N+]C1=C(C)NC(C)=C(C(=O)OC)C1c1cccc2c(=O)cc(C)oc12. The molecule has 2 aromatic rings. The number of fused-ring (bicyclic) bond motifs is 1. The first kappa shape index (κ1) is 17.5. The number of hydrogen-bond acceptors (Lipinski definition) is 5. The maximum absolute atomic E-state index is 12.5. The van der Waals surface area contributed by atoms with E-state index in [-0.39, 0.29) is 5.43 Å². The molecule has 1 aliphatic heterocycles. The lowest BCUT2D eigenvalue weighted by atomic mass is 9.83. The van der Waals surface area contributed by atoms with E-state index in [1.54, 1.807) is 39.0 Å². The Morgan fingerprint density at radius 1 is 1.27 bits per heavy atom. The number of rotatable bonds is 2. The van der Waals surface area contributed by atoms with Crippen molar-refractivity contribution >= 4 is 16.9 Å². The van der Waals surface area contributed by atoms with Crippen LogP contribution >= 0.6 is 0 Å². The lowest BCUT2D eigenvalue weighted by Crippen LogP contribution is -2.28. The van der Waals surface area contributed by atoms with Crippen LogP contribution in [-0.4, -0.2) is 13.1 Å².